The molecule has 1 amide bonds. The van der Waals surface area contributed by atoms with Crippen molar-refractivity contribution in [2.24, 2.45) is 0 Å². The number of nitrogens with one attached hydrogen (secondary N) is 2. The first-order chi connectivity index (χ1) is 11.4. The highest BCUT2D eigenvalue weighted by Crippen LogP contribution is 2.22. The number of benzene rings is 1. The van der Waals surface area contributed by atoms with E-state index in [4.69, 9.17) is 4.74 Å². The highest BCUT2D eigenvalue weighted by atomic mass is 16.5. The van der Waals surface area contributed by atoms with Crippen molar-refractivity contribution in [2.75, 3.05) is 30.9 Å². The number of hydrogen-bond acceptors (Lipinski definition) is 4. The van der Waals surface area contributed by atoms with Crippen LogP contribution >= 0.6 is 0 Å². The predicted octanol–water partition coefficient (Wildman–Crippen LogP) is 3.69. The van der Waals surface area contributed by atoms with Crippen molar-refractivity contribution in [3.63, 3.8) is 0 Å². The second-order valence-corrected chi connectivity index (χ2v) is 6.63. The number of rotatable bonds is 6. The monoisotopic (exact) mass is 327 g/mol. The van der Waals surface area contributed by atoms with E-state index in [0.717, 1.165) is 5.69 Å². The minimum absolute atomic E-state index is 0.0716. The molecule has 0 aliphatic rings. The molecule has 0 fully saturated rings. The molecule has 1 heterocycles. The highest BCUT2D eigenvalue weighted by Gasteiger charge is 2.14. The second kappa shape index (κ2) is 7.93. The summed E-state index contributed by atoms with van der Waals surface area (Å²) >= 11 is 0. The Morgan fingerprint density at radius 2 is 1.83 bits per heavy atom. The van der Waals surface area contributed by atoms with Gasteiger partial charge in [0.25, 0.3) is 5.91 Å². The first-order valence-corrected chi connectivity index (χ1v) is 8.01. The minimum Gasteiger partial charge on any atom is -0.383 e. The van der Waals surface area contributed by atoms with Crippen LogP contribution in [0.4, 0.5) is 11.5 Å². The van der Waals surface area contributed by atoms with Crippen molar-refractivity contribution in [3.05, 3.63) is 53.7 Å². The Balaban J connectivity index is 1.96. The van der Waals surface area contributed by atoms with Crippen molar-refractivity contribution in [2.45, 2.75) is 26.2 Å². The van der Waals surface area contributed by atoms with E-state index in [1.807, 2.05) is 30.3 Å². The molecule has 1 aromatic carbocycles. The quantitative estimate of drug-likeness (QED) is 0.794. The maximum absolute atomic E-state index is 12.3. The fraction of sp³-hybridized carbons (Fsp3) is 0.368. The average molecular weight is 327 g/mol. The highest BCUT2D eigenvalue weighted by molar-refractivity contribution is 6.03. The SMILES string of the molecule is COCCNc1ccc(NC(=O)c2ccc(C(C)(C)C)cc2)nc1. The molecule has 0 unspecified atom stereocenters. The van der Waals surface area contributed by atoms with Crippen LogP contribution in [-0.4, -0.2) is 31.2 Å². The lowest BCUT2D eigenvalue weighted by atomic mass is 9.87. The van der Waals surface area contributed by atoms with Gasteiger partial charge in [-0.15, -0.1) is 0 Å². The number of carbonyl (C=O) groups excluding carboxylic acids is 1. The molecule has 0 aliphatic carbocycles. The van der Waals surface area contributed by atoms with Gasteiger partial charge in [-0.05, 0) is 35.2 Å². The molecule has 0 saturated carbocycles. The van der Waals surface area contributed by atoms with Crippen molar-refractivity contribution in [1.29, 1.82) is 0 Å². The van der Waals surface area contributed by atoms with Crippen LogP contribution in [0.15, 0.2) is 42.6 Å². The predicted molar refractivity (Wildman–Crippen MR) is 97.7 cm³/mol. The molecule has 0 bridgehead atoms. The number of methoxy groups -OCH3 is 1. The molecule has 0 saturated heterocycles. The van der Waals surface area contributed by atoms with Crippen LogP contribution in [0.1, 0.15) is 36.7 Å². The van der Waals surface area contributed by atoms with Gasteiger partial charge < -0.3 is 15.4 Å². The molecule has 5 heteroatoms. The van der Waals surface area contributed by atoms with Gasteiger partial charge in [-0.1, -0.05) is 32.9 Å². The van der Waals surface area contributed by atoms with Gasteiger partial charge in [0.1, 0.15) is 5.82 Å². The summed E-state index contributed by atoms with van der Waals surface area (Å²) in [6.07, 6.45) is 1.69. The molecule has 128 valence electrons. The molecule has 2 N–H and O–H groups in total. The van der Waals surface area contributed by atoms with E-state index in [9.17, 15) is 4.79 Å². The third-order valence-electron chi connectivity index (χ3n) is 3.65. The summed E-state index contributed by atoms with van der Waals surface area (Å²) in [7, 11) is 1.66. The largest absolute Gasteiger partial charge is 0.383 e. The van der Waals surface area contributed by atoms with Gasteiger partial charge in [-0.3, -0.25) is 4.79 Å². The van der Waals surface area contributed by atoms with Crippen LogP contribution in [0.2, 0.25) is 0 Å². The topological polar surface area (TPSA) is 63.2 Å². The van der Waals surface area contributed by atoms with Gasteiger partial charge in [0.15, 0.2) is 0 Å². The Kier molecular flexibility index (Phi) is 5.93. The maximum atomic E-state index is 12.3. The van der Waals surface area contributed by atoms with Crippen LogP contribution in [0, 0.1) is 0 Å². The second-order valence-electron chi connectivity index (χ2n) is 6.63. The molecule has 2 rings (SSSR count). The Morgan fingerprint density at radius 1 is 1.12 bits per heavy atom. The van der Waals surface area contributed by atoms with E-state index in [-0.39, 0.29) is 11.3 Å². The third-order valence-corrected chi connectivity index (χ3v) is 3.65. The summed E-state index contributed by atoms with van der Waals surface area (Å²) in [6, 6.07) is 11.3. The molecular formula is C19H25N3O2. The molecule has 1 aromatic heterocycles. The normalized spacial score (nSPS) is 11.2. The number of ether oxygens (including phenoxy) is 1. The lowest BCUT2D eigenvalue weighted by molar-refractivity contribution is 0.102. The van der Waals surface area contributed by atoms with E-state index in [1.54, 1.807) is 19.4 Å². The number of pyridine rings is 1. The number of carbonyl (C=O) groups is 1. The molecule has 0 aliphatic heterocycles. The molecule has 0 radical (unpaired) electrons. The molecule has 24 heavy (non-hydrogen) atoms. The smallest absolute Gasteiger partial charge is 0.256 e. The molecule has 0 atom stereocenters. The zero-order valence-electron chi connectivity index (χ0n) is 14.7. The van der Waals surface area contributed by atoms with E-state index in [1.165, 1.54) is 5.56 Å². The maximum Gasteiger partial charge on any atom is 0.256 e. The molecular weight excluding hydrogens is 302 g/mol. The lowest BCUT2D eigenvalue weighted by Crippen LogP contribution is -2.15. The van der Waals surface area contributed by atoms with Crippen LogP contribution < -0.4 is 10.6 Å². The fourth-order valence-electron chi connectivity index (χ4n) is 2.18. The average Bonchev–Trinajstić information content (AvgIpc) is 2.56. The molecule has 5 nitrogen and oxygen atoms in total. The lowest BCUT2D eigenvalue weighted by Gasteiger charge is -2.19. The van der Waals surface area contributed by atoms with Gasteiger partial charge in [0.05, 0.1) is 18.5 Å². The summed E-state index contributed by atoms with van der Waals surface area (Å²) in [5.74, 6) is 0.361. The third kappa shape index (κ3) is 5.06. The summed E-state index contributed by atoms with van der Waals surface area (Å²) < 4.78 is 4.98. The Morgan fingerprint density at radius 3 is 2.38 bits per heavy atom. The van der Waals surface area contributed by atoms with E-state index >= 15 is 0 Å². The minimum atomic E-state index is -0.164. The van der Waals surface area contributed by atoms with Crippen molar-refractivity contribution < 1.29 is 9.53 Å². The summed E-state index contributed by atoms with van der Waals surface area (Å²) in [4.78, 5) is 16.5. The van der Waals surface area contributed by atoms with Crippen molar-refractivity contribution in [3.8, 4) is 0 Å². The Bertz CT molecular complexity index is 659. The van der Waals surface area contributed by atoms with Crippen LogP contribution in [0.5, 0.6) is 0 Å². The van der Waals surface area contributed by atoms with Crippen molar-refractivity contribution in [1.82, 2.24) is 4.98 Å². The zero-order chi connectivity index (χ0) is 17.6. The van der Waals surface area contributed by atoms with Crippen molar-refractivity contribution >= 4 is 17.4 Å². The zero-order valence-corrected chi connectivity index (χ0v) is 14.7. The van der Waals surface area contributed by atoms with Crippen LogP contribution in [0.25, 0.3) is 0 Å². The van der Waals surface area contributed by atoms with Crippen LogP contribution in [-0.2, 0) is 10.2 Å². The Labute approximate surface area is 143 Å². The number of aromatic nitrogens is 1. The fourth-order valence-corrected chi connectivity index (χ4v) is 2.18. The summed E-state index contributed by atoms with van der Waals surface area (Å²) in [5, 5.41) is 5.99. The molecule has 2 aromatic rings. The first kappa shape index (κ1) is 17.9. The number of amides is 1. The van der Waals surface area contributed by atoms with Gasteiger partial charge in [0.2, 0.25) is 0 Å². The van der Waals surface area contributed by atoms with Gasteiger partial charge >= 0.3 is 0 Å². The van der Waals surface area contributed by atoms with E-state index in [2.05, 4.69) is 36.4 Å². The van der Waals surface area contributed by atoms with E-state index < -0.39 is 0 Å². The van der Waals surface area contributed by atoms with Crippen LogP contribution in [0.3, 0.4) is 0 Å². The summed E-state index contributed by atoms with van der Waals surface area (Å²) in [5.41, 5.74) is 2.78. The molecule has 0 spiro atoms. The number of anilines is 2. The number of nitrogens with zero attached hydrogens (tertiary/aromatic N) is 1. The standard InChI is InChI=1S/C19H25N3O2/c1-19(2,3)15-7-5-14(6-8-15)18(23)22-17-10-9-16(13-21-17)20-11-12-24-4/h5-10,13,20H,11-12H2,1-4H3,(H,21,22,23). The van der Waals surface area contributed by atoms with Gasteiger partial charge in [-0.25, -0.2) is 4.98 Å². The number of hydrogen-bond donors (Lipinski definition) is 2. The first-order valence-electron chi connectivity index (χ1n) is 8.01. The van der Waals surface area contributed by atoms with Gasteiger partial charge in [0, 0.05) is 19.2 Å². The van der Waals surface area contributed by atoms with Gasteiger partial charge in [-0.2, -0.15) is 0 Å². The Hall–Kier alpha value is -2.40. The summed E-state index contributed by atoms with van der Waals surface area (Å²) in [6.45, 7) is 7.78. The van der Waals surface area contributed by atoms with E-state index in [0.29, 0.717) is 24.5 Å².